The fourth-order valence-corrected chi connectivity index (χ4v) is 0.499. The lowest BCUT2D eigenvalue weighted by Gasteiger charge is -2.12. The number of carbonyl (C=O) groups excluding carboxylic acids is 3. The average molecular weight is 236 g/mol. The first-order valence-corrected chi connectivity index (χ1v) is 4.26. The van der Waals surface area contributed by atoms with E-state index in [-0.39, 0.29) is 5.78 Å². The molecule has 16 heavy (non-hydrogen) atoms. The molecule has 7 heteroatoms. The second-order valence-corrected chi connectivity index (χ2v) is 2.84. The lowest BCUT2D eigenvalue weighted by Crippen LogP contribution is -2.40. The monoisotopic (exact) mass is 236 g/mol. The number of hydrogen-bond donors (Lipinski definition) is 2. The van der Waals surface area contributed by atoms with Gasteiger partial charge in [0.25, 0.3) is 0 Å². The summed E-state index contributed by atoms with van der Waals surface area (Å²) in [6.45, 7) is 3.06. The van der Waals surface area contributed by atoms with Crippen LogP contribution in [0, 0.1) is 0 Å². The molecule has 2 N–H and O–H groups in total. The zero-order chi connectivity index (χ0) is 13.3. The Morgan fingerprint density at radius 3 is 1.19 bits per heavy atom. The minimum absolute atomic E-state index is 0.167. The van der Waals surface area contributed by atoms with Crippen molar-refractivity contribution in [2.45, 2.75) is 26.1 Å². The van der Waals surface area contributed by atoms with Crippen molar-refractivity contribution in [2.24, 2.45) is 0 Å². The molecule has 0 rings (SSSR count). The van der Waals surface area contributed by atoms with Gasteiger partial charge in [-0.05, 0) is 13.8 Å². The standard InChI is InChI=1S/C6H10O6.C3H6O/c1-11-5(9)3(7)4(8)6(10)12-2;1-3(2)4/h3-4,7-8H,1-2H3;1-2H3. The van der Waals surface area contributed by atoms with E-state index in [2.05, 4.69) is 9.47 Å². The summed E-state index contributed by atoms with van der Waals surface area (Å²) in [5, 5.41) is 17.7. The number of hydrogen-bond acceptors (Lipinski definition) is 7. The van der Waals surface area contributed by atoms with Gasteiger partial charge in [0.05, 0.1) is 14.2 Å². The van der Waals surface area contributed by atoms with E-state index in [4.69, 9.17) is 10.2 Å². The van der Waals surface area contributed by atoms with E-state index in [1.165, 1.54) is 13.8 Å². The lowest BCUT2D eigenvalue weighted by molar-refractivity contribution is -0.169. The molecular weight excluding hydrogens is 220 g/mol. The van der Waals surface area contributed by atoms with E-state index in [0.29, 0.717) is 0 Å². The SMILES string of the molecule is CC(C)=O.COC(=O)C(O)C(O)C(=O)OC. The third-order valence-corrected chi connectivity index (χ3v) is 1.18. The van der Waals surface area contributed by atoms with Gasteiger partial charge >= 0.3 is 11.9 Å². The van der Waals surface area contributed by atoms with E-state index in [9.17, 15) is 14.4 Å². The van der Waals surface area contributed by atoms with Gasteiger partial charge in [0.2, 0.25) is 0 Å². The van der Waals surface area contributed by atoms with Gasteiger partial charge in [0, 0.05) is 0 Å². The van der Waals surface area contributed by atoms with Gasteiger partial charge in [-0.15, -0.1) is 0 Å². The molecule has 0 aromatic heterocycles. The number of carbonyl (C=O) groups is 3. The van der Waals surface area contributed by atoms with E-state index >= 15 is 0 Å². The van der Waals surface area contributed by atoms with E-state index in [1.54, 1.807) is 0 Å². The normalized spacial score (nSPS) is 12.6. The Labute approximate surface area is 93.0 Å². The molecule has 0 saturated carbocycles. The lowest BCUT2D eigenvalue weighted by atomic mass is 10.2. The number of ether oxygens (including phenoxy) is 2. The van der Waals surface area contributed by atoms with Crippen LogP contribution in [0.3, 0.4) is 0 Å². The van der Waals surface area contributed by atoms with Crippen molar-refractivity contribution in [1.29, 1.82) is 0 Å². The van der Waals surface area contributed by atoms with Crippen molar-refractivity contribution < 1.29 is 34.1 Å². The Hall–Kier alpha value is -1.47. The molecule has 94 valence electrons. The predicted octanol–water partition coefficient (Wildman–Crippen LogP) is -1.35. The van der Waals surface area contributed by atoms with Crippen LogP contribution in [0.1, 0.15) is 13.8 Å². The molecule has 0 aliphatic heterocycles. The highest BCUT2D eigenvalue weighted by Crippen LogP contribution is 1.97. The molecule has 0 amide bonds. The van der Waals surface area contributed by atoms with Gasteiger partial charge in [0.1, 0.15) is 5.78 Å². The maximum absolute atomic E-state index is 10.5. The molecule has 0 aromatic carbocycles. The zero-order valence-corrected chi connectivity index (χ0v) is 9.59. The Bertz CT molecular complexity index is 224. The summed E-state index contributed by atoms with van der Waals surface area (Å²) in [4.78, 5) is 30.5. The van der Waals surface area contributed by atoms with E-state index in [1.807, 2.05) is 0 Å². The summed E-state index contributed by atoms with van der Waals surface area (Å²) >= 11 is 0. The number of rotatable bonds is 3. The average Bonchev–Trinajstić information content (AvgIpc) is 2.24. The number of ketones is 1. The maximum Gasteiger partial charge on any atom is 0.338 e. The van der Waals surface area contributed by atoms with Crippen LogP contribution in [0.4, 0.5) is 0 Å². The zero-order valence-electron chi connectivity index (χ0n) is 9.59. The van der Waals surface area contributed by atoms with Crippen LogP contribution in [0.5, 0.6) is 0 Å². The third kappa shape index (κ3) is 7.89. The summed E-state index contributed by atoms with van der Waals surface area (Å²) in [7, 11) is 2.05. The Morgan fingerprint density at radius 1 is 0.875 bits per heavy atom. The molecule has 0 aliphatic carbocycles. The first-order valence-electron chi connectivity index (χ1n) is 4.26. The molecule has 0 heterocycles. The molecule has 0 saturated heterocycles. The molecule has 0 bridgehead atoms. The topological polar surface area (TPSA) is 110 Å². The van der Waals surface area contributed by atoms with E-state index in [0.717, 1.165) is 14.2 Å². The van der Waals surface area contributed by atoms with Crippen LogP contribution >= 0.6 is 0 Å². The second-order valence-electron chi connectivity index (χ2n) is 2.84. The van der Waals surface area contributed by atoms with Crippen molar-refractivity contribution in [3.63, 3.8) is 0 Å². The van der Waals surface area contributed by atoms with Gasteiger partial charge in [-0.1, -0.05) is 0 Å². The van der Waals surface area contributed by atoms with Crippen LogP contribution in [-0.2, 0) is 23.9 Å². The first kappa shape index (κ1) is 16.9. The van der Waals surface area contributed by atoms with Crippen LogP contribution in [0.25, 0.3) is 0 Å². The predicted molar refractivity (Wildman–Crippen MR) is 52.4 cm³/mol. The summed E-state index contributed by atoms with van der Waals surface area (Å²) in [5.41, 5.74) is 0. The highest BCUT2D eigenvalue weighted by molar-refractivity contribution is 5.85. The minimum Gasteiger partial charge on any atom is -0.467 e. The molecule has 0 radical (unpaired) electrons. The van der Waals surface area contributed by atoms with Crippen LogP contribution < -0.4 is 0 Å². The molecule has 7 nitrogen and oxygen atoms in total. The van der Waals surface area contributed by atoms with Crippen LogP contribution in [-0.4, -0.2) is 54.4 Å². The number of Topliss-reactive ketones (excluding diaryl/α,β-unsaturated/α-hetero) is 1. The van der Waals surface area contributed by atoms with Gasteiger partial charge in [0.15, 0.2) is 12.2 Å². The molecular formula is C9H16O7. The summed E-state index contributed by atoms with van der Waals surface area (Å²) < 4.78 is 8.14. The number of aliphatic hydroxyl groups is 2. The first-order chi connectivity index (χ1) is 7.27. The number of methoxy groups -OCH3 is 2. The molecule has 0 aliphatic rings. The van der Waals surface area contributed by atoms with Crippen LogP contribution in [0.15, 0.2) is 0 Å². The van der Waals surface area contributed by atoms with Gasteiger partial charge < -0.3 is 24.5 Å². The second kappa shape index (κ2) is 8.81. The third-order valence-electron chi connectivity index (χ3n) is 1.18. The summed E-state index contributed by atoms with van der Waals surface area (Å²) in [6, 6.07) is 0. The molecule has 0 fully saturated rings. The van der Waals surface area contributed by atoms with Gasteiger partial charge in [-0.3, -0.25) is 0 Å². The summed E-state index contributed by atoms with van der Waals surface area (Å²) in [6.07, 6.45) is -3.80. The van der Waals surface area contributed by atoms with Crippen molar-refractivity contribution in [3.05, 3.63) is 0 Å². The van der Waals surface area contributed by atoms with Crippen molar-refractivity contribution in [3.8, 4) is 0 Å². The highest BCUT2D eigenvalue weighted by atomic mass is 16.6. The smallest absolute Gasteiger partial charge is 0.338 e. The molecule has 2 atom stereocenters. The van der Waals surface area contributed by atoms with E-state index < -0.39 is 24.1 Å². The van der Waals surface area contributed by atoms with Gasteiger partial charge in [-0.25, -0.2) is 9.59 Å². The van der Waals surface area contributed by atoms with Crippen molar-refractivity contribution >= 4 is 17.7 Å². The number of aliphatic hydroxyl groups excluding tert-OH is 2. The Balaban J connectivity index is 0. The Morgan fingerprint density at radius 2 is 1.06 bits per heavy atom. The molecule has 2 unspecified atom stereocenters. The van der Waals surface area contributed by atoms with Gasteiger partial charge in [-0.2, -0.15) is 0 Å². The largest absolute Gasteiger partial charge is 0.467 e. The Kier molecular flexibility index (Phi) is 9.33. The number of esters is 2. The van der Waals surface area contributed by atoms with Crippen molar-refractivity contribution in [1.82, 2.24) is 0 Å². The fraction of sp³-hybridized carbons (Fsp3) is 0.667. The molecule has 0 spiro atoms. The van der Waals surface area contributed by atoms with Crippen LogP contribution in [0.2, 0.25) is 0 Å². The van der Waals surface area contributed by atoms with Crippen molar-refractivity contribution in [2.75, 3.05) is 14.2 Å². The summed E-state index contributed by atoms with van der Waals surface area (Å²) in [5.74, 6) is -2.01. The quantitative estimate of drug-likeness (QED) is 0.583. The maximum atomic E-state index is 10.5. The minimum atomic E-state index is -1.90. The fourth-order valence-electron chi connectivity index (χ4n) is 0.499. The molecule has 0 aromatic rings. The highest BCUT2D eigenvalue weighted by Gasteiger charge is 2.31.